The number of sulfonamides is 1. The van der Waals surface area contributed by atoms with Crippen molar-refractivity contribution in [1.82, 2.24) is 9.71 Å². The monoisotopic (exact) mass is 548 g/mol. The van der Waals surface area contributed by atoms with Gasteiger partial charge in [0.05, 0.1) is 10.6 Å². The fourth-order valence-electron chi connectivity index (χ4n) is 4.72. The van der Waals surface area contributed by atoms with E-state index < -0.39 is 10.0 Å². The molecule has 40 heavy (non-hydrogen) atoms. The molecule has 3 N–H and O–H groups in total. The Morgan fingerprint density at radius 2 is 1.57 bits per heavy atom. The van der Waals surface area contributed by atoms with Gasteiger partial charge >= 0.3 is 0 Å². The highest BCUT2D eigenvalue weighted by atomic mass is 32.2. The minimum Gasteiger partial charge on any atom is -0.378 e. The molecule has 0 saturated heterocycles. The van der Waals surface area contributed by atoms with Crippen LogP contribution in [0.25, 0.3) is 10.9 Å². The normalized spacial score (nSPS) is 14.9. The number of guanidine groups is 1. The molecule has 0 amide bonds. The molecule has 8 nitrogen and oxygen atoms in total. The van der Waals surface area contributed by atoms with Crippen molar-refractivity contribution in [2.75, 3.05) is 24.3 Å². The van der Waals surface area contributed by atoms with Gasteiger partial charge in [0.1, 0.15) is 11.9 Å². The van der Waals surface area contributed by atoms with E-state index >= 15 is 0 Å². The van der Waals surface area contributed by atoms with E-state index in [1.54, 1.807) is 18.3 Å². The first-order valence-electron chi connectivity index (χ1n) is 12.8. The first-order valence-corrected chi connectivity index (χ1v) is 14.3. The van der Waals surface area contributed by atoms with E-state index in [0.717, 1.165) is 33.3 Å². The summed E-state index contributed by atoms with van der Waals surface area (Å²) in [7, 11) is 0.0741. The number of nitrogens with zero attached hydrogens (tertiary/aromatic N) is 3. The topological polar surface area (TPSA) is 102 Å². The van der Waals surface area contributed by atoms with Crippen LogP contribution in [0.5, 0.6) is 0 Å². The molecule has 1 aliphatic heterocycles. The third-order valence-corrected chi connectivity index (χ3v) is 8.14. The Balaban J connectivity index is 1.24. The van der Waals surface area contributed by atoms with E-state index in [9.17, 15) is 8.42 Å². The number of aliphatic imine (C=N–C) groups is 2. The summed E-state index contributed by atoms with van der Waals surface area (Å²) in [5.74, 6) is 0.863. The molecule has 1 unspecified atom stereocenters. The van der Waals surface area contributed by atoms with Crippen LogP contribution >= 0.6 is 0 Å². The van der Waals surface area contributed by atoms with Crippen molar-refractivity contribution < 1.29 is 8.42 Å². The van der Waals surface area contributed by atoms with E-state index in [2.05, 4.69) is 20.0 Å². The van der Waals surface area contributed by atoms with Gasteiger partial charge in [-0.05, 0) is 53.6 Å². The average Bonchev–Trinajstić information content (AvgIpc) is 3.35. The number of benzene rings is 4. The standard InChI is InChI=1S/C31H28N6O2S/c1-37(2)24-16-12-21(13-17-24)20-32-23-14-18-25(19-15-23)40(38,39)36-31-34-29(22-8-4-3-5-9-22)28-26-10-6-7-11-27(26)33-30(28)35-31/h3-20,29,33H,1-2H3,(H2,34,35,36). The van der Waals surface area contributed by atoms with E-state index in [0.29, 0.717) is 11.5 Å². The maximum absolute atomic E-state index is 13.3. The smallest absolute Gasteiger partial charge is 0.264 e. The van der Waals surface area contributed by atoms with Gasteiger partial charge in [-0.15, -0.1) is 0 Å². The van der Waals surface area contributed by atoms with Crippen LogP contribution in [0.3, 0.4) is 0 Å². The molecule has 1 aromatic heterocycles. The van der Waals surface area contributed by atoms with Crippen molar-refractivity contribution in [3.8, 4) is 0 Å². The molecular weight excluding hydrogens is 520 g/mol. The van der Waals surface area contributed by atoms with Gasteiger partial charge in [0.2, 0.25) is 5.96 Å². The second kappa shape index (κ2) is 10.3. The second-order valence-corrected chi connectivity index (χ2v) is 11.4. The van der Waals surface area contributed by atoms with Crippen LogP contribution in [0.15, 0.2) is 118 Å². The van der Waals surface area contributed by atoms with Crippen LogP contribution in [0.1, 0.15) is 22.7 Å². The van der Waals surface area contributed by atoms with E-state index in [1.165, 1.54) is 12.1 Å². The summed E-state index contributed by atoms with van der Waals surface area (Å²) in [4.78, 5) is 14.8. The Kier molecular flexibility index (Phi) is 6.57. The first-order chi connectivity index (χ1) is 19.4. The van der Waals surface area contributed by atoms with Gasteiger partial charge in [0.25, 0.3) is 10.0 Å². The summed E-state index contributed by atoms with van der Waals surface area (Å²) >= 11 is 0. The van der Waals surface area contributed by atoms with Gasteiger partial charge in [-0.3, -0.25) is 4.99 Å². The van der Waals surface area contributed by atoms with Crippen LogP contribution in [-0.2, 0) is 10.0 Å². The SMILES string of the molecule is CN(C)c1ccc(C=Nc2ccc(S(=O)(=O)NC3=NC(c4ccccc4)c4c([nH]c5ccccc45)N3)cc2)cc1. The molecule has 4 aromatic carbocycles. The summed E-state index contributed by atoms with van der Waals surface area (Å²) in [5.41, 5.74) is 5.59. The van der Waals surface area contributed by atoms with Crippen molar-refractivity contribution in [2.24, 2.45) is 9.98 Å². The minimum absolute atomic E-state index is 0.116. The van der Waals surface area contributed by atoms with E-state index in [4.69, 9.17) is 4.99 Å². The average molecular weight is 549 g/mol. The molecule has 0 aliphatic carbocycles. The maximum atomic E-state index is 13.3. The minimum atomic E-state index is -3.91. The van der Waals surface area contributed by atoms with Crippen molar-refractivity contribution in [3.63, 3.8) is 0 Å². The molecule has 1 atom stereocenters. The van der Waals surface area contributed by atoms with E-state index in [1.807, 2.05) is 97.9 Å². The lowest BCUT2D eigenvalue weighted by molar-refractivity contribution is 0.592. The van der Waals surface area contributed by atoms with Crippen LogP contribution in [0.2, 0.25) is 0 Å². The number of fused-ring (bicyclic) bond motifs is 3. The van der Waals surface area contributed by atoms with E-state index in [-0.39, 0.29) is 16.9 Å². The third kappa shape index (κ3) is 5.06. The molecule has 0 radical (unpaired) electrons. The number of anilines is 2. The molecule has 5 aromatic rings. The number of nitrogens with one attached hydrogen (secondary N) is 3. The highest BCUT2D eigenvalue weighted by Crippen LogP contribution is 2.39. The Hall–Kier alpha value is -4.89. The predicted molar refractivity (Wildman–Crippen MR) is 162 cm³/mol. The van der Waals surface area contributed by atoms with Crippen molar-refractivity contribution in [2.45, 2.75) is 10.9 Å². The lowest BCUT2D eigenvalue weighted by Crippen LogP contribution is -2.38. The molecular formula is C31H28N6O2S. The highest BCUT2D eigenvalue weighted by molar-refractivity contribution is 7.90. The Morgan fingerprint density at radius 1 is 0.875 bits per heavy atom. The number of aromatic nitrogens is 1. The quantitative estimate of drug-likeness (QED) is 0.232. The highest BCUT2D eigenvalue weighted by Gasteiger charge is 2.29. The zero-order chi connectivity index (χ0) is 27.7. The predicted octanol–water partition coefficient (Wildman–Crippen LogP) is 5.83. The fourth-order valence-corrected chi connectivity index (χ4v) is 5.69. The van der Waals surface area contributed by atoms with Crippen LogP contribution in [0, 0.1) is 0 Å². The Morgan fingerprint density at radius 3 is 2.30 bits per heavy atom. The first kappa shape index (κ1) is 25.4. The lowest BCUT2D eigenvalue weighted by atomic mass is 9.97. The fraction of sp³-hybridized carbons (Fsp3) is 0.0968. The van der Waals surface area contributed by atoms with Gasteiger partial charge in [0, 0.05) is 42.5 Å². The summed E-state index contributed by atoms with van der Waals surface area (Å²) in [5, 5.41) is 4.19. The molecule has 200 valence electrons. The third-order valence-electron chi connectivity index (χ3n) is 6.79. The molecule has 0 bridgehead atoms. The molecule has 9 heteroatoms. The van der Waals surface area contributed by atoms with Gasteiger partial charge < -0.3 is 15.2 Å². The van der Waals surface area contributed by atoms with Crippen LogP contribution in [0.4, 0.5) is 17.2 Å². The zero-order valence-corrected chi connectivity index (χ0v) is 22.9. The van der Waals surface area contributed by atoms with Gasteiger partial charge in [0.15, 0.2) is 0 Å². The number of hydrogen-bond acceptors (Lipinski definition) is 6. The number of aromatic amines is 1. The number of rotatable bonds is 6. The number of H-pyrrole nitrogens is 1. The second-order valence-electron chi connectivity index (χ2n) is 9.72. The molecule has 0 saturated carbocycles. The number of hydrogen-bond donors (Lipinski definition) is 3. The molecule has 6 rings (SSSR count). The molecule has 0 spiro atoms. The summed E-state index contributed by atoms with van der Waals surface area (Å²) in [6.45, 7) is 0. The lowest BCUT2D eigenvalue weighted by Gasteiger charge is -2.23. The Bertz CT molecular complexity index is 1830. The maximum Gasteiger partial charge on any atom is 0.264 e. The van der Waals surface area contributed by atoms with Crippen molar-refractivity contribution in [1.29, 1.82) is 0 Å². The van der Waals surface area contributed by atoms with Gasteiger partial charge in [-0.25, -0.2) is 18.1 Å². The molecule has 0 fully saturated rings. The summed E-state index contributed by atoms with van der Waals surface area (Å²) in [6, 6.07) is 31.9. The van der Waals surface area contributed by atoms with Gasteiger partial charge in [-0.2, -0.15) is 0 Å². The van der Waals surface area contributed by atoms with Crippen molar-refractivity contribution in [3.05, 3.63) is 120 Å². The summed E-state index contributed by atoms with van der Waals surface area (Å²) in [6.07, 6.45) is 1.75. The number of para-hydroxylation sites is 1. The Labute approximate surface area is 233 Å². The van der Waals surface area contributed by atoms with Gasteiger partial charge in [-0.1, -0.05) is 60.7 Å². The van der Waals surface area contributed by atoms with Crippen LogP contribution in [-0.4, -0.2) is 39.7 Å². The summed E-state index contributed by atoms with van der Waals surface area (Å²) < 4.78 is 29.3. The van der Waals surface area contributed by atoms with Crippen molar-refractivity contribution >= 4 is 50.3 Å². The largest absolute Gasteiger partial charge is 0.378 e. The molecule has 1 aliphatic rings. The van der Waals surface area contributed by atoms with Crippen LogP contribution < -0.4 is 14.9 Å². The molecule has 2 heterocycles. The zero-order valence-electron chi connectivity index (χ0n) is 22.0.